The maximum Gasteiger partial charge on any atom is 0.423 e. The average molecular weight is 309 g/mol. The van der Waals surface area contributed by atoms with Crippen LogP contribution in [0.3, 0.4) is 0 Å². The monoisotopic (exact) mass is 309 g/mol. The molecule has 1 radical (unpaired) electrons. The molecule has 0 amide bonds. The highest BCUT2D eigenvalue weighted by molar-refractivity contribution is 6.61. The molecule has 1 aromatic rings. The van der Waals surface area contributed by atoms with E-state index < -0.39 is 15.1 Å². The van der Waals surface area contributed by atoms with E-state index in [1.807, 2.05) is 19.1 Å². The molecule has 1 aliphatic heterocycles. The van der Waals surface area contributed by atoms with Gasteiger partial charge in [-0.2, -0.15) is 0 Å². The van der Waals surface area contributed by atoms with Gasteiger partial charge in [-0.15, -0.1) is 0 Å². The molecular weight excluding hydrogens is 284 g/mol. The van der Waals surface area contributed by atoms with Gasteiger partial charge in [-0.25, -0.2) is 0 Å². The van der Waals surface area contributed by atoms with Crippen LogP contribution in [0.1, 0.15) is 45.1 Å². The number of unbranched alkanes of at least 4 members (excludes halogenated alkanes) is 2. The van der Waals surface area contributed by atoms with Crippen molar-refractivity contribution < 1.29 is 18.3 Å². The van der Waals surface area contributed by atoms with E-state index in [1.165, 1.54) is 12.8 Å². The second-order valence-electron chi connectivity index (χ2n) is 5.50. The van der Waals surface area contributed by atoms with Crippen LogP contribution in [0.5, 0.6) is 5.75 Å². The van der Waals surface area contributed by atoms with Gasteiger partial charge in [-0.05, 0) is 23.7 Å². The highest BCUT2D eigenvalue weighted by Gasteiger charge is 2.32. The van der Waals surface area contributed by atoms with Gasteiger partial charge in [0.1, 0.15) is 5.75 Å². The third kappa shape index (κ3) is 4.07. The van der Waals surface area contributed by atoms with Gasteiger partial charge in [0.2, 0.25) is 5.79 Å². The third-order valence-corrected chi connectivity index (χ3v) is 5.28. The van der Waals surface area contributed by atoms with E-state index in [0.29, 0.717) is 6.61 Å². The van der Waals surface area contributed by atoms with Crippen LogP contribution in [0, 0.1) is 0 Å². The van der Waals surface area contributed by atoms with Crippen LogP contribution in [-0.4, -0.2) is 29.3 Å². The Morgan fingerprint density at radius 2 is 2.00 bits per heavy atom. The molecule has 1 unspecified atom stereocenters. The van der Waals surface area contributed by atoms with Gasteiger partial charge in [-0.1, -0.05) is 25.8 Å². The van der Waals surface area contributed by atoms with E-state index >= 15 is 0 Å². The molecule has 0 saturated heterocycles. The van der Waals surface area contributed by atoms with Crippen molar-refractivity contribution in [3.63, 3.8) is 0 Å². The standard InChI is InChI=1S/C16H25O4Si/c1-5-6-7-10-16(2)19-12-13-11-14(21(17-3)18-4)8-9-15(13)20-16/h8-9,11H,5-7,10,12H2,1-4H3. The summed E-state index contributed by atoms with van der Waals surface area (Å²) in [5.74, 6) is 0.414. The van der Waals surface area contributed by atoms with E-state index in [9.17, 15) is 0 Å². The van der Waals surface area contributed by atoms with Crippen molar-refractivity contribution in [1.29, 1.82) is 0 Å². The number of hydrogen-bond donors (Lipinski definition) is 0. The third-order valence-electron chi connectivity index (χ3n) is 3.76. The lowest BCUT2D eigenvalue weighted by molar-refractivity contribution is -0.198. The molecule has 21 heavy (non-hydrogen) atoms. The summed E-state index contributed by atoms with van der Waals surface area (Å²) in [6, 6.07) is 6.11. The molecular formula is C16H25O4Si. The van der Waals surface area contributed by atoms with Gasteiger partial charge in [0.15, 0.2) is 0 Å². The van der Waals surface area contributed by atoms with Gasteiger partial charge in [0.05, 0.1) is 6.61 Å². The molecule has 0 saturated carbocycles. The molecule has 0 N–H and O–H groups in total. The van der Waals surface area contributed by atoms with Crippen LogP contribution < -0.4 is 9.92 Å². The smallest absolute Gasteiger partial charge is 0.423 e. The van der Waals surface area contributed by atoms with E-state index in [4.69, 9.17) is 18.3 Å². The first-order valence-electron chi connectivity index (χ1n) is 7.53. The van der Waals surface area contributed by atoms with Crippen molar-refractivity contribution in [3.8, 4) is 5.75 Å². The highest BCUT2D eigenvalue weighted by Crippen LogP contribution is 2.33. The lowest BCUT2D eigenvalue weighted by atomic mass is 10.1. The first-order valence-corrected chi connectivity index (χ1v) is 8.84. The minimum Gasteiger partial charge on any atom is -0.462 e. The summed E-state index contributed by atoms with van der Waals surface area (Å²) in [7, 11) is 1.96. The number of ether oxygens (including phenoxy) is 2. The molecule has 0 spiro atoms. The predicted octanol–water partition coefficient (Wildman–Crippen LogP) is 2.88. The van der Waals surface area contributed by atoms with Crippen molar-refractivity contribution in [2.45, 2.75) is 51.9 Å². The van der Waals surface area contributed by atoms with Crippen molar-refractivity contribution in [3.05, 3.63) is 23.8 Å². The van der Waals surface area contributed by atoms with Gasteiger partial charge in [-0.3, -0.25) is 0 Å². The maximum atomic E-state index is 6.08. The molecule has 5 heteroatoms. The molecule has 1 aliphatic rings. The maximum absolute atomic E-state index is 6.08. The second-order valence-corrected chi connectivity index (χ2v) is 7.47. The first kappa shape index (κ1) is 16.5. The van der Waals surface area contributed by atoms with Crippen LogP contribution in [0.4, 0.5) is 0 Å². The molecule has 0 aromatic heterocycles. The summed E-state index contributed by atoms with van der Waals surface area (Å²) in [5.41, 5.74) is 1.07. The number of hydrogen-bond acceptors (Lipinski definition) is 4. The van der Waals surface area contributed by atoms with E-state index in [-0.39, 0.29) is 0 Å². The molecule has 1 atom stereocenters. The number of fused-ring (bicyclic) bond motifs is 1. The van der Waals surface area contributed by atoms with Crippen LogP contribution in [0.25, 0.3) is 0 Å². The Hall–Kier alpha value is -0.883. The van der Waals surface area contributed by atoms with Crippen molar-refractivity contribution in [1.82, 2.24) is 0 Å². The van der Waals surface area contributed by atoms with Crippen molar-refractivity contribution >= 4 is 14.5 Å². The van der Waals surface area contributed by atoms with Crippen LogP contribution in [0.2, 0.25) is 0 Å². The number of benzene rings is 1. The van der Waals surface area contributed by atoms with E-state index in [1.54, 1.807) is 14.2 Å². The minimum absolute atomic E-state index is 0.500. The largest absolute Gasteiger partial charge is 0.462 e. The fourth-order valence-corrected chi connectivity index (χ4v) is 3.70. The second kappa shape index (κ2) is 7.40. The van der Waals surface area contributed by atoms with Crippen molar-refractivity contribution in [2.24, 2.45) is 0 Å². The Balaban J connectivity index is 2.08. The Morgan fingerprint density at radius 1 is 1.24 bits per heavy atom. The zero-order valence-electron chi connectivity index (χ0n) is 13.4. The fourth-order valence-electron chi connectivity index (χ4n) is 2.55. The summed E-state index contributed by atoms with van der Waals surface area (Å²) in [4.78, 5) is 0. The van der Waals surface area contributed by atoms with Crippen LogP contribution in [0.15, 0.2) is 18.2 Å². The molecule has 4 nitrogen and oxygen atoms in total. The summed E-state index contributed by atoms with van der Waals surface area (Å²) < 4.78 is 22.8. The molecule has 0 fully saturated rings. The van der Waals surface area contributed by atoms with Gasteiger partial charge in [0, 0.05) is 33.1 Å². The summed E-state index contributed by atoms with van der Waals surface area (Å²) in [6.45, 7) is 4.81. The zero-order chi connectivity index (χ0) is 15.3. The van der Waals surface area contributed by atoms with Gasteiger partial charge >= 0.3 is 9.28 Å². The molecule has 117 valence electrons. The fraction of sp³-hybridized carbons (Fsp3) is 0.625. The quantitative estimate of drug-likeness (QED) is 0.573. The predicted molar refractivity (Wildman–Crippen MR) is 83.8 cm³/mol. The lowest BCUT2D eigenvalue weighted by Gasteiger charge is -2.36. The van der Waals surface area contributed by atoms with Crippen LogP contribution in [-0.2, 0) is 20.2 Å². The Morgan fingerprint density at radius 3 is 2.67 bits per heavy atom. The normalized spacial score (nSPS) is 21.2. The Labute approximate surface area is 129 Å². The molecule has 0 bridgehead atoms. The summed E-state index contributed by atoms with van der Waals surface area (Å²) >= 11 is 0. The highest BCUT2D eigenvalue weighted by atomic mass is 28.3. The Kier molecular flexibility index (Phi) is 5.81. The summed E-state index contributed by atoms with van der Waals surface area (Å²) in [6.07, 6.45) is 4.46. The SMILES string of the molecule is CCCCCC1(C)OCc2cc([Si](OC)OC)ccc2O1. The molecule has 1 heterocycles. The van der Waals surface area contributed by atoms with E-state index in [2.05, 4.69) is 13.0 Å². The topological polar surface area (TPSA) is 36.9 Å². The number of rotatable bonds is 7. The average Bonchev–Trinajstić information content (AvgIpc) is 2.49. The summed E-state index contributed by atoms with van der Waals surface area (Å²) in [5, 5.41) is 1.07. The first-order chi connectivity index (χ1) is 10.1. The van der Waals surface area contributed by atoms with E-state index in [0.717, 1.165) is 29.3 Å². The van der Waals surface area contributed by atoms with Gasteiger partial charge < -0.3 is 18.3 Å². The Bertz CT molecular complexity index is 462. The van der Waals surface area contributed by atoms with Crippen molar-refractivity contribution in [2.75, 3.05) is 14.2 Å². The molecule has 2 rings (SSSR count). The minimum atomic E-state index is -1.39. The zero-order valence-corrected chi connectivity index (χ0v) is 14.4. The molecule has 1 aromatic carbocycles. The lowest BCUT2D eigenvalue weighted by Crippen LogP contribution is -2.40. The van der Waals surface area contributed by atoms with Crippen LogP contribution >= 0.6 is 0 Å². The van der Waals surface area contributed by atoms with Gasteiger partial charge in [0.25, 0.3) is 0 Å². The molecule has 0 aliphatic carbocycles.